The Labute approximate surface area is 90.7 Å². The van der Waals surface area contributed by atoms with Crippen LogP contribution >= 0.6 is 11.8 Å². The minimum Gasteiger partial charge on any atom is -0.394 e. The predicted molar refractivity (Wildman–Crippen MR) is 54.2 cm³/mol. The summed E-state index contributed by atoms with van der Waals surface area (Å²) in [6, 6.07) is -0.845. The maximum atomic E-state index is 9.65. The second kappa shape index (κ2) is 5.55. The van der Waals surface area contributed by atoms with Crippen LogP contribution in [-0.4, -0.2) is 58.0 Å². The standard InChI is InChI=1S/C7H13N3O4S/c1-15-7-4(9-10-8)6(13)5(12)3(2-11)14-7/h3-7,11-13H,2H2,1H3/t3?,4-,5-,6+,7?/m0/s1. The van der Waals surface area contributed by atoms with Crippen molar-refractivity contribution >= 4 is 11.8 Å². The summed E-state index contributed by atoms with van der Waals surface area (Å²) < 4.78 is 5.27. The predicted octanol–water partition coefficient (Wildman–Crippen LogP) is -0.533. The van der Waals surface area contributed by atoms with Crippen molar-refractivity contribution in [3.8, 4) is 0 Å². The van der Waals surface area contributed by atoms with Crippen LogP contribution in [0.5, 0.6) is 0 Å². The van der Waals surface area contributed by atoms with Gasteiger partial charge in [-0.2, -0.15) is 0 Å². The lowest BCUT2D eigenvalue weighted by atomic mass is 9.99. The van der Waals surface area contributed by atoms with Gasteiger partial charge in [-0.25, -0.2) is 0 Å². The van der Waals surface area contributed by atoms with Crippen molar-refractivity contribution in [3.63, 3.8) is 0 Å². The third-order valence-electron chi connectivity index (χ3n) is 2.27. The minimum absolute atomic E-state index is 0.391. The lowest BCUT2D eigenvalue weighted by Crippen LogP contribution is -2.56. The molecule has 1 fully saturated rings. The molecular weight excluding hydrogens is 222 g/mol. The molecule has 5 atom stereocenters. The zero-order valence-corrected chi connectivity index (χ0v) is 8.91. The van der Waals surface area contributed by atoms with Crippen LogP contribution in [0, 0.1) is 0 Å². The average molecular weight is 235 g/mol. The first-order chi connectivity index (χ1) is 7.15. The molecule has 1 rings (SSSR count). The van der Waals surface area contributed by atoms with E-state index < -0.39 is 36.4 Å². The molecule has 15 heavy (non-hydrogen) atoms. The Bertz CT molecular complexity index is 259. The van der Waals surface area contributed by atoms with Crippen LogP contribution in [0.3, 0.4) is 0 Å². The van der Waals surface area contributed by atoms with E-state index in [4.69, 9.17) is 15.4 Å². The second-order valence-corrected chi connectivity index (χ2v) is 4.07. The van der Waals surface area contributed by atoms with E-state index in [9.17, 15) is 10.2 Å². The Kier molecular flexibility index (Phi) is 4.65. The molecule has 7 nitrogen and oxygen atoms in total. The molecule has 2 unspecified atom stereocenters. The average Bonchev–Trinajstić information content (AvgIpc) is 2.25. The van der Waals surface area contributed by atoms with Crippen molar-refractivity contribution in [2.75, 3.05) is 12.9 Å². The van der Waals surface area contributed by atoms with Gasteiger partial charge in [0.1, 0.15) is 23.7 Å². The number of aliphatic hydroxyl groups excluding tert-OH is 3. The van der Waals surface area contributed by atoms with Gasteiger partial charge < -0.3 is 20.1 Å². The Morgan fingerprint density at radius 2 is 2.13 bits per heavy atom. The lowest BCUT2D eigenvalue weighted by molar-refractivity contribution is -0.165. The van der Waals surface area contributed by atoms with Crippen LogP contribution in [-0.2, 0) is 4.74 Å². The van der Waals surface area contributed by atoms with Gasteiger partial charge in [-0.05, 0) is 11.8 Å². The molecule has 0 bridgehead atoms. The molecule has 0 aromatic rings. The SMILES string of the molecule is CSC1OC(CO)[C@H](O)[C@H](O)[C@@H]1N=[N+]=[N-]. The van der Waals surface area contributed by atoms with Gasteiger partial charge in [0.2, 0.25) is 0 Å². The van der Waals surface area contributed by atoms with E-state index in [-0.39, 0.29) is 0 Å². The van der Waals surface area contributed by atoms with E-state index in [0.29, 0.717) is 0 Å². The molecule has 0 radical (unpaired) electrons. The van der Waals surface area contributed by atoms with E-state index >= 15 is 0 Å². The van der Waals surface area contributed by atoms with Gasteiger partial charge in [-0.3, -0.25) is 0 Å². The summed E-state index contributed by atoms with van der Waals surface area (Å²) in [7, 11) is 0. The molecule has 1 saturated heterocycles. The fourth-order valence-corrected chi connectivity index (χ4v) is 2.19. The molecule has 8 heteroatoms. The van der Waals surface area contributed by atoms with E-state index in [1.165, 1.54) is 11.8 Å². The maximum absolute atomic E-state index is 9.65. The molecule has 1 aliphatic rings. The van der Waals surface area contributed by atoms with Crippen LogP contribution in [0.2, 0.25) is 0 Å². The van der Waals surface area contributed by atoms with Crippen LogP contribution in [0.25, 0.3) is 10.4 Å². The summed E-state index contributed by atoms with van der Waals surface area (Å²) in [5, 5.41) is 31.5. The molecule has 0 saturated carbocycles. The van der Waals surface area contributed by atoms with E-state index in [2.05, 4.69) is 10.0 Å². The largest absolute Gasteiger partial charge is 0.394 e. The normalized spacial score (nSPS) is 40.9. The summed E-state index contributed by atoms with van der Waals surface area (Å²) in [4.78, 5) is 2.59. The molecular formula is C7H13N3O4S. The Morgan fingerprint density at radius 3 is 2.60 bits per heavy atom. The Hall–Kier alpha value is -0.500. The second-order valence-electron chi connectivity index (χ2n) is 3.14. The zero-order valence-electron chi connectivity index (χ0n) is 8.09. The van der Waals surface area contributed by atoms with Crippen molar-refractivity contribution in [1.29, 1.82) is 0 Å². The summed E-state index contributed by atoms with van der Waals surface area (Å²) in [6.45, 7) is -0.391. The fraction of sp³-hybridized carbons (Fsp3) is 1.00. The first-order valence-corrected chi connectivity index (χ1v) is 5.64. The van der Waals surface area contributed by atoms with Gasteiger partial charge in [0.25, 0.3) is 0 Å². The van der Waals surface area contributed by atoms with Crippen molar-refractivity contribution in [1.82, 2.24) is 0 Å². The highest BCUT2D eigenvalue weighted by atomic mass is 32.2. The van der Waals surface area contributed by atoms with Gasteiger partial charge >= 0.3 is 0 Å². The number of rotatable bonds is 3. The van der Waals surface area contributed by atoms with Gasteiger partial charge in [0.15, 0.2) is 0 Å². The van der Waals surface area contributed by atoms with Gasteiger partial charge in [-0.1, -0.05) is 5.11 Å². The van der Waals surface area contributed by atoms with Crippen LogP contribution in [0.4, 0.5) is 0 Å². The van der Waals surface area contributed by atoms with Gasteiger partial charge in [-0.15, -0.1) is 11.8 Å². The lowest BCUT2D eigenvalue weighted by Gasteiger charge is -2.39. The highest BCUT2D eigenvalue weighted by Crippen LogP contribution is 2.29. The van der Waals surface area contributed by atoms with Crippen LogP contribution in [0.15, 0.2) is 5.11 Å². The summed E-state index contributed by atoms with van der Waals surface area (Å²) >= 11 is 1.25. The van der Waals surface area contributed by atoms with E-state index in [0.717, 1.165) is 0 Å². The van der Waals surface area contributed by atoms with Gasteiger partial charge in [0.05, 0.1) is 12.7 Å². The molecule has 3 N–H and O–H groups in total. The molecule has 1 heterocycles. The molecule has 0 spiro atoms. The third-order valence-corrected chi connectivity index (χ3v) is 3.12. The van der Waals surface area contributed by atoms with E-state index in [1.807, 2.05) is 0 Å². The number of hydrogen-bond acceptors (Lipinski definition) is 6. The molecule has 0 aromatic heterocycles. The summed E-state index contributed by atoms with van der Waals surface area (Å²) in [5.74, 6) is 0. The highest BCUT2D eigenvalue weighted by Gasteiger charge is 2.43. The van der Waals surface area contributed by atoms with Crippen molar-refractivity contribution in [2.24, 2.45) is 5.11 Å². The maximum Gasteiger partial charge on any atom is 0.114 e. The topological polar surface area (TPSA) is 119 Å². The van der Waals surface area contributed by atoms with Crippen molar-refractivity contribution in [3.05, 3.63) is 10.4 Å². The molecule has 1 aliphatic heterocycles. The van der Waals surface area contributed by atoms with Gasteiger partial charge in [0, 0.05) is 4.91 Å². The Balaban J connectivity index is 2.83. The van der Waals surface area contributed by atoms with Crippen LogP contribution in [0.1, 0.15) is 0 Å². The number of ether oxygens (including phenoxy) is 1. The summed E-state index contributed by atoms with van der Waals surface area (Å²) in [5.41, 5.74) is 7.75. The monoisotopic (exact) mass is 235 g/mol. The Morgan fingerprint density at radius 1 is 1.47 bits per heavy atom. The van der Waals surface area contributed by atoms with Crippen molar-refractivity contribution < 1.29 is 20.1 Å². The summed E-state index contributed by atoms with van der Waals surface area (Å²) in [6.07, 6.45) is -1.58. The van der Waals surface area contributed by atoms with E-state index in [1.54, 1.807) is 6.26 Å². The first-order valence-electron chi connectivity index (χ1n) is 4.35. The number of thioether (sulfide) groups is 1. The van der Waals surface area contributed by atoms with Crippen LogP contribution < -0.4 is 0 Å². The quantitative estimate of drug-likeness (QED) is 0.345. The first kappa shape index (κ1) is 12.6. The number of aliphatic hydroxyl groups is 3. The minimum atomic E-state index is -1.24. The fourth-order valence-electron chi connectivity index (χ4n) is 1.44. The molecule has 0 aromatic carbocycles. The molecule has 0 amide bonds. The zero-order chi connectivity index (χ0) is 11.4. The van der Waals surface area contributed by atoms with Crippen molar-refractivity contribution in [2.45, 2.75) is 29.8 Å². The number of azide groups is 1. The smallest absolute Gasteiger partial charge is 0.114 e. The molecule has 86 valence electrons. The number of nitrogens with zero attached hydrogens (tertiary/aromatic N) is 3. The number of hydrogen-bond donors (Lipinski definition) is 3. The molecule has 0 aliphatic carbocycles. The highest BCUT2D eigenvalue weighted by molar-refractivity contribution is 7.99. The third kappa shape index (κ3) is 2.54.